The third-order valence-corrected chi connectivity index (χ3v) is 0.599. The van der Waals surface area contributed by atoms with E-state index in [0.717, 1.165) is 5.57 Å². The van der Waals surface area contributed by atoms with Crippen molar-refractivity contribution in [2.45, 2.75) is 6.92 Å². The average Bonchev–Trinajstić information content (AvgIpc) is 1.86. The van der Waals surface area contributed by atoms with Gasteiger partial charge in [-0.2, -0.15) is 0 Å². The molecule has 0 aromatic heterocycles. The number of rotatable bonds is 0. The Kier molecular flexibility index (Phi) is 0.801. The zero-order valence-corrected chi connectivity index (χ0v) is 3.56. The van der Waals surface area contributed by atoms with Gasteiger partial charge in [0, 0.05) is 6.20 Å². The van der Waals surface area contributed by atoms with Crippen LogP contribution in [-0.4, -0.2) is 0 Å². The SMILES string of the molecule is CC1=CNO[CH]1. The lowest BCUT2D eigenvalue weighted by atomic mass is 10.4. The van der Waals surface area contributed by atoms with E-state index in [-0.39, 0.29) is 0 Å². The molecule has 1 aliphatic rings. The highest BCUT2D eigenvalue weighted by Gasteiger charge is 1.94. The van der Waals surface area contributed by atoms with Gasteiger partial charge in [0.05, 0.1) is 0 Å². The summed E-state index contributed by atoms with van der Waals surface area (Å²) in [7, 11) is 0. The summed E-state index contributed by atoms with van der Waals surface area (Å²) < 4.78 is 0. The Balaban J connectivity index is 2.45. The monoisotopic (exact) mass is 84.0 g/mol. The van der Waals surface area contributed by atoms with Crippen molar-refractivity contribution in [1.82, 2.24) is 5.48 Å². The molecular weight excluding hydrogens is 78.0 g/mol. The van der Waals surface area contributed by atoms with Gasteiger partial charge in [-0.15, -0.1) is 0 Å². The van der Waals surface area contributed by atoms with Crippen LogP contribution in [0.4, 0.5) is 0 Å². The number of hydroxylamine groups is 1. The topological polar surface area (TPSA) is 21.3 Å². The summed E-state index contributed by atoms with van der Waals surface area (Å²) in [5.41, 5.74) is 3.67. The molecule has 1 radical (unpaired) electrons. The second kappa shape index (κ2) is 1.30. The molecule has 0 aromatic rings. The quantitative estimate of drug-likeness (QED) is 0.463. The van der Waals surface area contributed by atoms with E-state index in [0.29, 0.717) is 0 Å². The molecule has 0 aliphatic carbocycles. The lowest BCUT2D eigenvalue weighted by molar-refractivity contribution is 0.161. The Morgan fingerprint density at radius 3 is 2.83 bits per heavy atom. The zero-order valence-electron chi connectivity index (χ0n) is 3.56. The lowest BCUT2D eigenvalue weighted by Crippen LogP contribution is -1.93. The maximum atomic E-state index is 4.59. The van der Waals surface area contributed by atoms with E-state index in [1.807, 2.05) is 6.92 Å². The number of hydrogen-bond donors (Lipinski definition) is 1. The summed E-state index contributed by atoms with van der Waals surface area (Å²) >= 11 is 0. The first-order chi connectivity index (χ1) is 2.89. The summed E-state index contributed by atoms with van der Waals surface area (Å²) in [5, 5.41) is 0. The highest BCUT2D eigenvalue weighted by molar-refractivity contribution is 5.06. The highest BCUT2D eigenvalue weighted by atomic mass is 16.6. The molecule has 0 saturated carbocycles. The number of hydrogen-bond acceptors (Lipinski definition) is 2. The molecule has 2 heteroatoms. The lowest BCUT2D eigenvalue weighted by Gasteiger charge is -1.82. The van der Waals surface area contributed by atoms with Crippen LogP contribution < -0.4 is 5.48 Å². The first kappa shape index (κ1) is 3.68. The summed E-state index contributed by atoms with van der Waals surface area (Å²) in [6.45, 7) is 3.61. The minimum Gasteiger partial charge on any atom is -0.274 e. The molecule has 0 atom stereocenters. The first-order valence-corrected chi connectivity index (χ1v) is 1.81. The van der Waals surface area contributed by atoms with E-state index in [1.54, 1.807) is 12.8 Å². The van der Waals surface area contributed by atoms with Crippen molar-refractivity contribution in [1.29, 1.82) is 0 Å². The fourth-order valence-electron chi connectivity index (χ4n) is 0.288. The molecule has 33 valence electrons. The maximum Gasteiger partial charge on any atom is 0.140 e. The van der Waals surface area contributed by atoms with Crippen LogP contribution in [0.3, 0.4) is 0 Å². The third kappa shape index (κ3) is 0.518. The molecule has 0 amide bonds. The Bertz CT molecular complexity index is 77.6. The van der Waals surface area contributed by atoms with Gasteiger partial charge in [0.1, 0.15) is 6.61 Å². The summed E-state index contributed by atoms with van der Waals surface area (Å²) in [6.07, 6.45) is 1.79. The van der Waals surface area contributed by atoms with Crippen molar-refractivity contribution in [3.8, 4) is 0 Å². The fraction of sp³-hybridized carbons (Fsp3) is 0.250. The van der Waals surface area contributed by atoms with Crippen molar-refractivity contribution >= 4 is 0 Å². The second-order valence-electron chi connectivity index (χ2n) is 1.24. The number of nitrogens with one attached hydrogen (secondary N) is 1. The van der Waals surface area contributed by atoms with Crippen LogP contribution >= 0.6 is 0 Å². The van der Waals surface area contributed by atoms with Gasteiger partial charge < -0.3 is 0 Å². The third-order valence-electron chi connectivity index (χ3n) is 0.599. The molecule has 0 spiro atoms. The van der Waals surface area contributed by atoms with Crippen molar-refractivity contribution < 1.29 is 4.84 Å². The van der Waals surface area contributed by atoms with Crippen LogP contribution in [-0.2, 0) is 4.84 Å². The van der Waals surface area contributed by atoms with Crippen molar-refractivity contribution in [3.05, 3.63) is 18.4 Å². The molecular formula is C4H6NO. The molecule has 0 unspecified atom stereocenters. The normalized spacial score (nSPS) is 19.8. The van der Waals surface area contributed by atoms with Gasteiger partial charge in [-0.1, -0.05) is 0 Å². The second-order valence-corrected chi connectivity index (χ2v) is 1.24. The van der Waals surface area contributed by atoms with Crippen LogP contribution in [0.15, 0.2) is 11.8 Å². The minimum absolute atomic E-state index is 1.12. The van der Waals surface area contributed by atoms with E-state index in [1.165, 1.54) is 0 Å². The summed E-state index contributed by atoms with van der Waals surface area (Å²) in [6, 6.07) is 0. The van der Waals surface area contributed by atoms with E-state index in [2.05, 4.69) is 10.3 Å². The molecule has 0 fully saturated rings. The highest BCUT2D eigenvalue weighted by Crippen LogP contribution is 2.00. The molecule has 0 aromatic carbocycles. The van der Waals surface area contributed by atoms with Gasteiger partial charge in [0.2, 0.25) is 0 Å². The molecule has 1 heterocycles. The molecule has 1 aliphatic heterocycles. The van der Waals surface area contributed by atoms with E-state index < -0.39 is 0 Å². The van der Waals surface area contributed by atoms with E-state index in [9.17, 15) is 0 Å². The van der Waals surface area contributed by atoms with Gasteiger partial charge in [0.15, 0.2) is 0 Å². The van der Waals surface area contributed by atoms with Gasteiger partial charge >= 0.3 is 0 Å². The predicted octanol–water partition coefficient (Wildman–Crippen LogP) is 0.587. The van der Waals surface area contributed by atoms with E-state index in [4.69, 9.17) is 0 Å². The van der Waals surface area contributed by atoms with Gasteiger partial charge in [-0.25, -0.2) is 0 Å². The molecule has 0 saturated heterocycles. The Hall–Kier alpha value is -0.500. The average molecular weight is 84.1 g/mol. The maximum absolute atomic E-state index is 4.59. The van der Waals surface area contributed by atoms with Crippen LogP contribution in [0.25, 0.3) is 0 Å². The van der Waals surface area contributed by atoms with E-state index >= 15 is 0 Å². The Labute approximate surface area is 36.8 Å². The molecule has 1 N–H and O–H groups in total. The molecule has 2 nitrogen and oxygen atoms in total. The standard InChI is InChI=1S/C4H6NO/c1-4-2-5-6-3-4/h2-3,5H,1H3. The Morgan fingerprint density at radius 2 is 2.67 bits per heavy atom. The minimum atomic E-state index is 1.12. The molecule has 1 rings (SSSR count). The van der Waals surface area contributed by atoms with Crippen LogP contribution in [0, 0.1) is 6.61 Å². The van der Waals surface area contributed by atoms with Crippen LogP contribution in [0.5, 0.6) is 0 Å². The van der Waals surface area contributed by atoms with Gasteiger partial charge in [-0.3, -0.25) is 10.3 Å². The van der Waals surface area contributed by atoms with Gasteiger partial charge in [-0.05, 0) is 12.5 Å². The Morgan fingerprint density at radius 1 is 1.83 bits per heavy atom. The zero-order chi connectivity index (χ0) is 4.41. The summed E-state index contributed by atoms with van der Waals surface area (Å²) in [5.74, 6) is 0. The van der Waals surface area contributed by atoms with Crippen molar-refractivity contribution in [2.75, 3.05) is 0 Å². The summed E-state index contributed by atoms with van der Waals surface area (Å²) in [4.78, 5) is 4.59. The van der Waals surface area contributed by atoms with Gasteiger partial charge in [0.25, 0.3) is 0 Å². The van der Waals surface area contributed by atoms with Crippen LogP contribution in [0.1, 0.15) is 6.92 Å². The largest absolute Gasteiger partial charge is 0.274 e. The molecule has 0 bridgehead atoms. The fourth-order valence-corrected chi connectivity index (χ4v) is 0.288. The van der Waals surface area contributed by atoms with Crippen LogP contribution in [0.2, 0.25) is 0 Å². The van der Waals surface area contributed by atoms with Crippen molar-refractivity contribution in [3.63, 3.8) is 0 Å². The first-order valence-electron chi connectivity index (χ1n) is 1.81. The smallest absolute Gasteiger partial charge is 0.140 e. The van der Waals surface area contributed by atoms with Crippen molar-refractivity contribution in [2.24, 2.45) is 0 Å². The molecule has 6 heavy (non-hydrogen) atoms. The predicted molar refractivity (Wildman–Crippen MR) is 22.3 cm³/mol.